The van der Waals surface area contributed by atoms with Gasteiger partial charge in [-0.3, -0.25) is 9.11 Å². The molecule has 0 heterocycles. The van der Waals surface area contributed by atoms with E-state index in [0.717, 1.165) is 0 Å². The summed E-state index contributed by atoms with van der Waals surface area (Å²) in [6, 6.07) is 0. The van der Waals surface area contributed by atoms with Gasteiger partial charge in [0.15, 0.2) is 0 Å². The van der Waals surface area contributed by atoms with Gasteiger partial charge in [0.1, 0.15) is 0 Å². The van der Waals surface area contributed by atoms with E-state index in [9.17, 15) is 16.8 Å². The van der Waals surface area contributed by atoms with Crippen LogP contribution in [0.5, 0.6) is 0 Å². The Kier molecular flexibility index (Phi) is 6.90. The van der Waals surface area contributed by atoms with Crippen LogP contribution in [0.15, 0.2) is 0 Å². The van der Waals surface area contributed by atoms with E-state index in [4.69, 9.17) is 9.11 Å². The molecule has 0 fully saturated rings. The summed E-state index contributed by atoms with van der Waals surface area (Å²) >= 11 is 0. The topological polar surface area (TPSA) is 109 Å². The predicted octanol–water partition coefficient (Wildman–Crippen LogP) is -1.93. The molecule has 0 rings (SSSR count). The van der Waals surface area contributed by atoms with Gasteiger partial charge in [-0.25, -0.2) is 0 Å². The second-order valence-electron chi connectivity index (χ2n) is 1.28. The summed E-state index contributed by atoms with van der Waals surface area (Å²) in [7, 11) is -9.24. The normalized spacial score (nSPS) is 12.2. The Hall–Kier alpha value is 1.87. The van der Waals surface area contributed by atoms with Crippen LogP contribution in [0.3, 0.4) is 0 Å². The zero-order chi connectivity index (χ0) is 7.71. The Morgan fingerprint density at radius 2 is 1.10 bits per heavy atom. The summed E-state index contributed by atoms with van der Waals surface area (Å²) in [6.45, 7) is 0. The second kappa shape index (κ2) is 4.79. The molecule has 0 bridgehead atoms. The molecule has 0 aliphatic rings. The molecule has 0 radical (unpaired) electrons. The maximum absolute atomic E-state index is 9.66. The second-order valence-corrected chi connectivity index (χ2v) is 4.55. The van der Waals surface area contributed by atoms with E-state index >= 15 is 0 Å². The van der Waals surface area contributed by atoms with E-state index in [1.165, 1.54) is 0 Å². The number of rotatable bonds is 2. The Labute approximate surface area is 117 Å². The van der Waals surface area contributed by atoms with Crippen LogP contribution in [0.2, 0.25) is 0 Å². The third kappa shape index (κ3) is 12.5. The molecule has 0 saturated carbocycles. The molecule has 0 aromatic heterocycles. The van der Waals surface area contributed by atoms with Gasteiger partial charge >= 0.3 is 68.9 Å². The average Bonchev–Trinajstić information content (AvgIpc) is 1.14. The predicted molar refractivity (Wildman–Crippen MR) is 35.1 cm³/mol. The van der Waals surface area contributed by atoms with Crippen LogP contribution in [-0.4, -0.2) is 99.9 Å². The molecule has 0 aromatic carbocycles. The van der Waals surface area contributed by atoms with Gasteiger partial charge < -0.3 is 0 Å². The monoisotopic (exact) mass is 310 g/mol. The first-order valence-corrected chi connectivity index (χ1v) is 4.83. The molecule has 9 heteroatoms. The van der Waals surface area contributed by atoms with Crippen molar-refractivity contribution < 1.29 is 25.9 Å². The molecule has 0 unspecified atom stereocenters. The Balaban J connectivity index is 0. The van der Waals surface area contributed by atoms with Crippen molar-refractivity contribution in [2.24, 2.45) is 0 Å². The molecule has 0 aliphatic carbocycles. The first-order valence-electron chi connectivity index (χ1n) is 1.61. The van der Waals surface area contributed by atoms with E-state index in [1.807, 2.05) is 0 Å². The van der Waals surface area contributed by atoms with E-state index in [0.29, 0.717) is 0 Å². The summed E-state index contributed by atoms with van der Waals surface area (Å²) in [4.78, 5) is 0. The fourth-order valence-corrected chi connectivity index (χ4v) is 1.69. The van der Waals surface area contributed by atoms with Crippen molar-refractivity contribution >= 4 is 89.1 Å². The Morgan fingerprint density at radius 1 is 0.900 bits per heavy atom. The Bertz CT molecular complexity index is 241. The van der Waals surface area contributed by atoms with Gasteiger partial charge in [0.25, 0.3) is 20.2 Å². The van der Waals surface area contributed by atoms with Crippen LogP contribution >= 0.6 is 0 Å². The summed E-state index contributed by atoms with van der Waals surface area (Å²) in [5.41, 5.74) is 0. The summed E-state index contributed by atoms with van der Waals surface area (Å²) in [5.74, 6) is 0. The van der Waals surface area contributed by atoms with Crippen LogP contribution in [0, 0.1) is 0 Å². The van der Waals surface area contributed by atoms with Gasteiger partial charge in [-0.2, -0.15) is 16.8 Å². The van der Waals surface area contributed by atoms with Crippen molar-refractivity contribution in [3.05, 3.63) is 0 Å². The van der Waals surface area contributed by atoms with Crippen LogP contribution in [-0.2, 0) is 20.2 Å². The van der Waals surface area contributed by atoms with E-state index in [2.05, 4.69) is 0 Å². The first kappa shape index (κ1) is 14.4. The van der Waals surface area contributed by atoms with Crippen LogP contribution in [0.1, 0.15) is 0 Å². The van der Waals surface area contributed by atoms with Crippen LogP contribution in [0.4, 0.5) is 0 Å². The standard InChI is InChI=1S/CH4O6S2.Cs.H/c2-8(3,4)1-9(5,6)7;;/h1H2,(H,2,3,4)(H,5,6,7);;. The molecule has 10 heavy (non-hydrogen) atoms. The molecule has 58 valence electrons. The molecule has 0 saturated heterocycles. The Morgan fingerprint density at radius 3 is 1.10 bits per heavy atom. The van der Waals surface area contributed by atoms with E-state index in [1.54, 1.807) is 0 Å². The summed E-state index contributed by atoms with van der Waals surface area (Å²) < 4.78 is 54.2. The first-order chi connectivity index (χ1) is 3.71. The van der Waals surface area contributed by atoms with Crippen LogP contribution < -0.4 is 0 Å². The molecule has 0 aliphatic heterocycles. The molecule has 0 spiro atoms. The van der Waals surface area contributed by atoms with Gasteiger partial charge in [-0.05, 0) is 0 Å². The molecule has 0 amide bonds. The maximum atomic E-state index is 9.66. The molecule has 6 nitrogen and oxygen atoms in total. The van der Waals surface area contributed by atoms with Crippen LogP contribution in [0.25, 0.3) is 0 Å². The number of hydrogen-bond donors (Lipinski definition) is 2. The van der Waals surface area contributed by atoms with Gasteiger partial charge in [0.2, 0.25) is 5.08 Å². The summed E-state index contributed by atoms with van der Waals surface area (Å²) in [6.07, 6.45) is 0. The molecular weight excluding hydrogens is 305 g/mol. The van der Waals surface area contributed by atoms with Crippen molar-refractivity contribution in [2.45, 2.75) is 0 Å². The van der Waals surface area contributed by atoms with E-state index < -0.39 is 25.3 Å². The number of hydrogen-bond acceptors (Lipinski definition) is 4. The van der Waals surface area contributed by atoms with Crippen molar-refractivity contribution in [1.82, 2.24) is 0 Å². The minimum absolute atomic E-state index is 0. The molecule has 0 atom stereocenters. The quantitative estimate of drug-likeness (QED) is 0.575. The minimum atomic E-state index is -4.62. The van der Waals surface area contributed by atoms with Crippen molar-refractivity contribution in [2.75, 3.05) is 5.08 Å². The SMILES string of the molecule is O=S(=O)(O)CS(=O)(=O)O.[CsH]. The van der Waals surface area contributed by atoms with Crippen molar-refractivity contribution in [3.63, 3.8) is 0 Å². The molecular formula is CH5CsO6S2. The zero-order valence-corrected chi connectivity index (χ0v) is 5.68. The average molecular weight is 310 g/mol. The third-order valence-corrected chi connectivity index (χ3v) is 2.68. The fraction of sp³-hybridized carbons (Fsp3) is 1.00. The molecule has 0 aromatic rings. The van der Waals surface area contributed by atoms with Gasteiger partial charge in [-0.1, -0.05) is 0 Å². The zero-order valence-electron chi connectivity index (χ0n) is 4.05. The van der Waals surface area contributed by atoms with E-state index in [-0.39, 0.29) is 68.9 Å². The third-order valence-electron chi connectivity index (χ3n) is 0.298. The van der Waals surface area contributed by atoms with Crippen molar-refractivity contribution in [3.8, 4) is 0 Å². The van der Waals surface area contributed by atoms with Gasteiger partial charge in [0, 0.05) is 0 Å². The van der Waals surface area contributed by atoms with Crippen molar-refractivity contribution in [1.29, 1.82) is 0 Å². The molecule has 2 N–H and O–H groups in total. The van der Waals surface area contributed by atoms with Gasteiger partial charge in [0.05, 0.1) is 0 Å². The summed E-state index contributed by atoms with van der Waals surface area (Å²) in [5, 5.41) is -1.65. The van der Waals surface area contributed by atoms with Gasteiger partial charge in [-0.15, -0.1) is 0 Å². The fourth-order valence-electron chi connectivity index (χ4n) is 0.188.